The number of fused-ring (bicyclic) bond motifs is 3. The van der Waals surface area contributed by atoms with Crippen LogP contribution in [0, 0.1) is 10.1 Å². The zero-order chi connectivity index (χ0) is 19.0. The van der Waals surface area contributed by atoms with Crippen LogP contribution in [0.2, 0.25) is 0 Å². The SMILES string of the molecule is O=C1[C@H](CO)N=C2c3ccccc3N=C(/C=C/c3ccc([N+](=O)[O-])cc3)N12. The molecule has 1 atom stereocenters. The van der Waals surface area contributed by atoms with Crippen molar-refractivity contribution in [1.82, 2.24) is 4.90 Å². The molecular weight excluding hydrogens is 348 g/mol. The number of hydrogen-bond acceptors (Lipinski definition) is 6. The van der Waals surface area contributed by atoms with Crippen molar-refractivity contribution in [2.75, 3.05) is 6.61 Å². The van der Waals surface area contributed by atoms with Crippen molar-refractivity contribution in [2.45, 2.75) is 6.04 Å². The number of nitrogens with zero attached hydrogens (tertiary/aromatic N) is 4. The standard InChI is InChI=1S/C19H14N4O4/c24-11-16-19(25)22-17(10-7-12-5-8-13(9-6-12)23(26)27)20-15-4-2-1-3-14(15)18(22)21-16/h1-10,16,24H,11H2/b10-7+/t16-/m0/s1. The van der Waals surface area contributed by atoms with Crippen molar-refractivity contribution in [2.24, 2.45) is 9.98 Å². The molecule has 8 nitrogen and oxygen atoms in total. The summed E-state index contributed by atoms with van der Waals surface area (Å²) in [6.07, 6.45) is 3.37. The number of aliphatic hydroxyl groups excluding tert-OH is 1. The second kappa shape index (κ2) is 6.58. The van der Waals surface area contributed by atoms with Crippen molar-refractivity contribution >= 4 is 35.0 Å². The average molecular weight is 362 g/mol. The second-order valence-corrected chi connectivity index (χ2v) is 5.99. The molecule has 0 spiro atoms. The highest BCUT2D eigenvalue weighted by molar-refractivity contribution is 6.30. The Morgan fingerprint density at radius 3 is 2.59 bits per heavy atom. The van der Waals surface area contributed by atoms with E-state index in [2.05, 4.69) is 9.98 Å². The minimum absolute atomic E-state index is 0.00557. The number of benzene rings is 2. The van der Waals surface area contributed by atoms with Crippen molar-refractivity contribution in [3.05, 3.63) is 75.8 Å². The zero-order valence-electron chi connectivity index (χ0n) is 14.0. The van der Waals surface area contributed by atoms with Crippen LogP contribution in [-0.4, -0.2) is 45.2 Å². The number of nitro groups is 1. The molecular formula is C19H14N4O4. The molecule has 0 unspecified atom stereocenters. The highest BCUT2D eigenvalue weighted by atomic mass is 16.6. The fourth-order valence-corrected chi connectivity index (χ4v) is 2.97. The summed E-state index contributed by atoms with van der Waals surface area (Å²) < 4.78 is 0. The molecule has 2 aliphatic rings. The van der Waals surface area contributed by atoms with Crippen LogP contribution in [-0.2, 0) is 4.79 Å². The summed E-state index contributed by atoms with van der Waals surface area (Å²) in [6, 6.07) is 12.5. The summed E-state index contributed by atoms with van der Waals surface area (Å²) in [7, 11) is 0. The minimum atomic E-state index is -0.843. The normalized spacial score (nSPS) is 18.2. The third-order valence-electron chi connectivity index (χ3n) is 4.31. The average Bonchev–Trinajstić information content (AvgIpc) is 3.03. The number of aliphatic hydroxyl groups is 1. The Hall–Kier alpha value is -3.65. The number of carbonyl (C=O) groups is 1. The molecule has 8 heteroatoms. The van der Waals surface area contributed by atoms with E-state index < -0.39 is 11.0 Å². The van der Waals surface area contributed by atoms with Gasteiger partial charge in [-0.1, -0.05) is 18.2 Å². The number of amidine groups is 2. The van der Waals surface area contributed by atoms with Gasteiger partial charge in [0.2, 0.25) is 0 Å². The Balaban J connectivity index is 1.71. The van der Waals surface area contributed by atoms with Crippen LogP contribution in [0.4, 0.5) is 11.4 Å². The lowest BCUT2D eigenvalue weighted by Crippen LogP contribution is -2.42. The summed E-state index contributed by atoms with van der Waals surface area (Å²) in [5.74, 6) is 0.508. The van der Waals surface area contributed by atoms with Gasteiger partial charge in [0.1, 0.15) is 11.7 Å². The van der Waals surface area contributed by atoms with E-state index in [4.69, 9.17) is 0 Å². The summed E-state index contributed by atoms with van der Waals surface area (Å²) >= 11 is 0. The first kappa shape index (κ1) is 16.8. The fraction of sp³-hybridized carbons (Fsp3) is 0.105. The van der Waals surface area contributed by atoms with Gasteiger partial charge in [-0.05, 0) is 35.9 Å². The minimum Gasteiger partial charge on any atom is -0.394 e. The van der Waals surface area contributed by atoms with E-state index >= 15 is 0 Å². The van der Waals surface area contributed by atoms with E-state index in [1.54, 1.807) is 24.3 Å². The maximum Gasteiger partial charge on any atom is 0.269 e. The van der Waals surface area contributed by atoms with Crippen molar-refractivity contribution in [1.29, 1.82) is 0 Å². The number of aliphatic imine (C=N–C) groups is 2. The van der Waals surface area contributed by atoms with Gasteiger partial charge in [-0.25, -0.2) is 9.89 Å². The van der Waals surface area contributed by atoms with Crippen LogP contribution < -0.4 is 0 Å². The smallest absolute Gasteiger partial charge is 0.269 e. The molecule has 134 valence electrons. The number of para-hydroxylation sites is 1. The molecule has 4 rings (SSSR count). The van der Waals surface area contributed by atoms with Crippen LogP contribution in [0.3, 0.4) is 0 Å². The predicted octanol–water partition coefficient (Wildman–Crippen LogP) is 2.30. The number of carbonyl (C=O) groups excluding carboxylic acids is 1. The summed E-state index contributed by atoms with van der Waals surface area (Å²) in [6.45, 7) is -0.375. The first-order valence-electron chi connectivity index (χ1n) is 8.22. The van der Waals surface area contributed by atoms with Gasteiger partial charge in [0.15, 0.2) is 6.04 Å². The quantitative estimate of drug-likeness (QED) is 0.665. The zero-order valence-corrected chi connectivity index (χ0v) is 14.0. The van der Waals surface area contributed by atoms with Crippen LogP contribution in [0.5, 0.6) is 0 Å². The maximum atomic E-state index is 12.6. The van der Waals surface area contributed by atoms with E-state index in [9.17, 15) is 20.0 Å². The maximum absolute atomic E-state index is 12.6. The van der Waals surface area contributed by atoms with Crippen molar-refractivity contribution in [3.63, 3.8) is 0 Å². The number of amides is 1. The van der Waals surface area contributed by atoms with E-state index in [0.717, 1.165) is 11.1 Å². The molecule has 0 bridgehead atoms. The van der Waals surface area contributed by atoms with Crippen molar-refractivity contribution in [3.8, 4) is 0 Å². The van der Waals surface area contributed by atoms with E-state index in [1.165, 1.54) is 17.0 Å². The first-order chi connectivity index (χ1) is 13.1. The molecule has 0 saturated carbocycles. The summed E-state index contributed by atoms with van der Waals surface area (Å²) in [5.41, 5.74) is 2.15. The lowest BCUT2D eigenvalue weighted by atomic mass is 10.1. The Morgan fingerprint density at radius 1 is 1.15 bits per heavy atom. The molecule has 0 aliphatic carbocycles. The lowest BCUT2D eigenvalue weighted by Gasteiger charge is -2.24. The van der Waals surface area contributed by atoms with Gasteiger partial charge in [-0.2, -0.15) is 0 Å². The first-order valence-corrected chi connectivity index (χ1v) is 8.22. The van der Waals surface area contributed by atoms with Crippen LogP contribution in [0.1, 0.15) is 11.1 Å². The van der Waals surface area contributed by atoms with Crippen LogP contribution in [0.25, 0.3) is 6.08 Å². The second-order valence-electron chi connectivity index (χ2n) is 5.99. The molecule has 0 fully saturated rings. The summed E-state index contributed by atoms with van der Waals surface area (Å²) in [4.78, 5) is 33.1. The monoisotopic (exact) mass is 362 g/mol. The highest BCUT2D eigenvalue weighted by Crippen LogP contribution is 2.31. The molecule has 1 N–H and O–H groups in total. The molecule has 2 heterocycles. The van der Waals surface area contributed by atoms with Crippen LogP contribution in [0.15, 0.2) is 64.6 Å². The fourth-order valence-electron chi connectivity index (χ4n) is 2.97. The lowest BCUT2D eigenvalue weighted by molar-refractivity contribution is -0.384. The van der Waals surface area contributed by atoms with Gasteiger partial charge in [-0.3, -0.25) is 19.9 Å². The number of nitro benzene ring substituents is 1. The molecule has 2 aromatic rings. The molecule has 0 saturated heterocycles. The molecule has 0 aromatic heterocycles. The number of hydrogen-bond donors (Lipinski definition) is 1. The van der Waals surface area contributed by atoms with E-state index in [1.807, 2.05) is 24.3 Å². The van der Waals surface area contributed by atoms with E-state index in [0.29, 0.717) is 17.4 Å². The van der Waals surface area contributed by atoms with Gasteiger partial charge in [-0.15, -0.1) is 0 Å². The highest BCUT2D eigenvalue weighted by Gasteiger charge is 2.39. The molecule has 0 radical (unpaired) electrons. The molecule has 27 heavy (non-hydrogen) atoms. The third-order valence-corrected chi connectivity index (χ3v) is 4.31. The Labute approximate surface area is 154 Å². The molecule has 2 aromatic carbocycles. The van der Waals surface area contributed by atoms with Gasteiger partial charge in [0, 0.05) is 17.7 Å². The van der Waals surface area contributed by atoms with Gasteiger partial charge >= 0.3 is 0 Å². The third kappa shape index (κ3) is 2.91. The van der Waals surface area contributed by atoms with Crippen molar-refractivity contribution < 1.29 is 14.8 Å². The molecule has 2 aliphatic heterocycles. The van der Waals surface area contributed by atoms with Gasteiger partial charge in [0.25, 0.3) is 11.6 Å². The predicted molar refractivity (Wildman–Crippen MR) is 99.9 cm³/mol. The number of rotatable bonds is 4. The van der Waals surface area contributed by atoms with Gasteiger partial charge in [0.05, 0.1) is 17.2 Å². The van der Waals surface area contributed by atoms with E-state index in [-0.39, 0.29) is 18.2 Å². The van der Waals surface area contributed by atoms with Gasteiger partial charge < -0.3 is 5.11 Å². The topological polar surface area (TPSA) is 108 Å². The molecule has 1 amide bonds. The van der Waals surface area contributed by atoms with Crippen LogP contribution >= 0.6 is 0 Å². The summed E-state index contributed by atoms with van der Waals surface area (Å²) in [5, 5.41) is 20.2. The Bertz CT molecular complexity index is 1020. The number of non-ortho nitro benzene ring substituents is 1. The largest absolute Gasteiger partial charge is 0.394 e. The Morgan fingerprint density at radius 2 is 1.89 bits per heavy atom. The Kier molecular flexibility index (Phi) is 4.09.